The molecule has 3 aromatic rings. The second-order valence-electron chi connectivity index (χ2n) is 7.98. The van der Waals surface area contributed by atoms with Crippen LogP contribution in [0.2, 0.25) is 0 Å². The number of carbonyl (C=O) groups excluding carboxylic acids is 2. The summed E-state index contributed by atoms with van der Waals surface area (Å²) in [6, 6.07) is 19.5. The number of ether oxygens (including phenoxy) is 1. The summed E-state index contributed by atoms with van der Waals surface area (Å²) in [5.41, 5.74) is 3.33. The Labute approximate surface area is 188 Å². The predicted octanol–water partition coefficient (Wildman–Crippen LogP) is 4.20. The molecule has 2 aromatic carbocycles. The average Bonchev–Trinajstić information content (AvgIpc) is 3.34. The summed E-state index contributed by atoms with van der Waals surface area (Å²) >= 11 is 0. The van der Waals surface area contributed by atoms with Gasteiger partial charge in [-0.15, -0.1) is 0 Å². The molecule has 4 rings (SSSR count). The first kappa shape index (κ1) is 21.7. The molecule has 6 nitrogen and oxygen atoms in total. The van der Waals surface area contributed by atoms with E-state index in [2.05, 4.69) is 12.1 Å². The molecule has 6 heteroatoms. The Morgan fingerprint density at radius 1 is 1.12 bits per heavy atom. The van der Waals surface area contributed by atoms with Gasteiger partial charge >= 0.3 is 0 Å². The summed E-state index contributed by atoms with van der Waals surface area (Å²) in [5.74, 6) is 1.34. The van der Waals surface area contributed by atoms with Gasteiger partial charge in [-0.1, -0.05) is 43.3 Å². The molecule has 0 radical (unpaired) electrons. The lowest BCUT2D eigenvalue weighted by atomic mass is 9.87. The minimum Gasteiger partial charge on any atom is -0.484 e. The Balaban J connectivity index is 1.53. The molecule has 166 valence electrons. The van der Waals surface area contributed by atoms with Gasteiger partial charge in [0.2, 0.25) is 5.91 Å². The maximum atomic E-state index is 12.7. The first-order valence-corrected chi connectivity index (χ1v) is 10.9. The Hall–Kier alpha value is -3.54. The highest BCUT2D eigenvalue weighted by molar-refractivity contribution is 5.78. The lowest BCUT2D eigenvalue weighted by molar-refractivity contribution is -0.133. The van der Waals surface area contributed by atoms with Gasteiger partial charge < -0.3 is 19.0 Å². The van der Waals surface area contributed by atoms with E-state index in [1.54, 1.807) is 24.3 Å². The molecule has 1 aliphatic heterocycles. The van der Waals surface area contributed by atoms with Gasteiger partial charge in [0, 0.05) is 20.0 Å². The molecule has 0 aliphatic carbocycles. The third-order valence-electron chi connectivity index (χ3n) is 5.84. The fourth-order valence-electron chi connectivity index (χ4n) is 4.13. The smallest absolute Gasteiger partial charge is 0.260 e. The van der Waals surface area contributed by atoms with Gasteiger partial charge in [0.05, 0.1) is 18.8 Å². The standard InChI is InChI=1S/C26H28N2O4/c1-3-24(29)28-14-13-19-11-12-21(16-23(19)26(28)20-8-5-4-6-9-20)32-18-25(30)27(2)17-22-10-7-15-31-22/h4-12,15-16,26H,3,13-14,17-18H2,1-2H3. The second-order valence-corrected chi connectivity index (χ2v) is 7.98. The average molecular weight is 433 g/mol. The van der Waals surface area contributed by atoms with Crippen LogP contribution in [-0.4, -0.2) is 41.8 Å². The van der Waals surface area contributed by atoms with Crippen LogP contribution in [0.25, 0.3) is 0 Å². The zero-order valence-corrected chi connectivity index (χ0v) is 18.5. The summed E-state index contributed by atoms with van der Waals surface area (Å²) < 4.78 is 11.2. The van der Waals surface area contributed by atoms with Crippen molar-refractivity contribution in [1.82, 2.24) is 9.80 Å². The van der Waals surface area contributed by atoms with E-state index in [4.69, 9.17) is 9.15 Å². The van der Waals surface area contributed by atoms with Crippen molar-refractivity contribution < 1.29 is 18.7 Å². The van der Waals surface area contributed by atoms with Crippen LogP contribution >= 0.6 is 0 Å². The van der Waals surface area contributed by atoms with Gasteiger partial charge in [-0.3, -0.25) is 9.59 Å². The van der Waals surface area contributed by atoms with Gasteiger partial charge in [0.15, 0.2) is 6.61 Å². The number of carbonyl (C=O) groups is 2. The van der Waals surface area contributed by atoms with Crippen molar-refractivity contribution in [3.8, 4) is 5.75 Å². The molecule has 0 bridgehead atoms. The molecule has 0 saturated heterocycles. The predicted molar refractivity (Wildman–Crippen MR) is 121 cm³/mol. The van der Waals surface area contributed by atoms with Crippen molar-refractivity contribution in [1.29, 1.82) is 0 Å². The molecule has 0 fully saturated rings. The number of nitrogens with zero attached hydrogens (tertiary/aromatic N) is 2. The van der Waals surface area contributed by atoms with E-state index in [1.807, 2.05) is 54.3 Å². The lowest BCUT2D eigenvalue weighted by Crippen LogP contribution is -2.40. The number of amides is 2. The zero-order chi connectivity index (χ0) is 22.5. The number of fused-ring (bicyclic) bond motifs is 1. The van der Waals surface area contributed by atoms with Crippen molar-refractivity contribution in [3.05, 3.63) is 89.4 Å². The highest BCUT2D eigenvalue weighted by Crippen LogP contribution is 2.37. The van der Waals surface area contributed by atoms with E-state index in [1.165, 1.54) is 5.56 Å². The molecule has 0 saturated carbocycles. The third kappa shape index (κ3) is 4.69. The molecule has 1 aliphatic rings. The quantitative estimate of drug-likeness (QED) is 0.561. The third-order valence-corrected chi connectivity index (χ3v) is 5.84. The summed E-state index contributed by atoms with van der Waals surface area (Å²) in [4.78, 5) is 28.7. The van der Waals surface area contributed by atoms with Crippen LogP contribution in [-0.2, 0) is 22.6 Å². The first-order chi connectivity index (χ1) is 15.6. The van der Waals surface area contributed by atoms with E-state index >= 15 is 0 Å². The Kier molecular flexibility index (Phi) is 6.59. The number of furan rings is 1. The Morgan fingerprint density at radius 2 is 1.94 bits per heavy atom. The number of likely N-dealkylation sites (N-methyl/N-ethyl adjacent to an activating group) is 1. The molecule has 1 unspecified atom stereocenters. The van der Waals surface area contributed by atoms with E-state index in [-0.39, 0.29) is 24.5 Å². The van der Waals surface area contributed by atoms with Gasteiger partial charge in [0.25, 0.3) is 5.91 Å². The van der Waals surface area contributed by atoms with Crippen molar-refractivity contribution >= 4 is 11.8 Å². The van der Waals surface area contributed by atoms with E-state index in [0.717, 1.165) is 23.3 Å². The topological polar surface area (TPSA) is 63.0 Å². The molecule has 0 spiro atoms. The van der Waals surface area contributed by atoms with Crippen LogP contribution in [0.4, 0.5) is 0 Å². The summed E-state index contributed by atoms with van der Waals surface area (Å²) in [7, 11) is 1.72. The fraction of sp³-hybridized carbons (Fsp3) is 0.308. The molecule has 1 aromatic heterocycles. The monoisotopic (exact) mass is 432 g/mol. The van der Waals surface area contributed by atoms with Crippen LogP contribution in [0.3, 0.4) is 0 Å². The number of benzene rings is 2. The largest absolute Gasteiger partial charge is 0.484 e. The van der Waals surface area contributed by atoms with Crippen molar-refractivity contribution in [2.24, 2.45) is 0 Å². The van der Waals surface area contributed by atoms with Crippen molar-refractivity contribution in [2.45, 2.75) is 32.4 Å². The SMILES string of the molecule is CCC(=O)N1CCc2ccc(OCC(=O)N(C)Cc3ccco3)cc2C1c1ccccc1. The molecule has 32 heavy (non-hydrogen) atoms. The van der Waals surface area contributed by atoms with Crippen LogP contribution < -0.4 is 4.74 Å². The minimum absolute atomic E-state index is 0.0659. The molecule has 0 N–H and O–H groups in total. The number of hydrogen-bond acceptors (Lipinski definition) is 4. The molecular weight excluding hydrogens is 404 g/mol. The highest BCUT2D eigenvalue weighted by Gasteiger charge is 2.31. The summed E-state index contributed by atoms with van der Waals surface area (Å²) in [5, 5.41) is 0. The number of rotatable bonds is 7. The highest BCUT2D eigenvalue weighted by atomic mass is 16.5. The summed E-state index contributed by atoms with van der Waals surface area (Å²) in [6.45, 7) is 2.91. The van der Waals surface area contributed by atoms with Crippen molar-refractivity contribution in [2.75, 3.05) is 20.2 Å². The molecule has 1 atom stereocenters. The van der Waals surface area contributed by atoms with E-state index < -0.39 is 0 Å². The maximum absolute atomic E-state index is 12.7. The summed E-state index contributed by atoms with van der Waals surface area (Å²) in [6.07, 6.45) is 2.86. The Bertz CT molecular complexity index is 1060. The van der Waals surface area contributed by atoms with Gasteiger partial charge in [-0.25, -0.2) is 0 Å². The van der Waals surface area contributed by atoms with Crippen LogP contribution in [0.1, 0.15) is 41.8 Å². The molecule has 2 heterocycles. The number of hydrogen-bond donors (Lipinski definition) is 0. The normalized spacial score (nSPS) is 15.2. The lowest BCUT2D eigenvalue weighted by Gasteiger charge is -2.38. The Morgan fingerprint density at radius 3 is 2.66 bits per heavy atom. The van der Waals surface area contributed by atoms with E-state index in [0.29, 0.717) is 25.3 Å². The molecule has 2 amide bonds. The van der Waals surface area contributed by atoms with Gasteiger partial charge in [0.1, 0.15) is 11.5 Å². The zero-order valence-electron chi connectivity index (χ0n) is 18.5. The fourth-order valence-corrected chi connectivity index (χ4v) is 4.13. The van der Waals surface area contributed by atoms with Gasteiger partial charge in [-0.2, -0.15) is 0 Å². The first-order valence-electron chi connectivity index (χ1n) is 10.9. The molecular formula is C26H28N2O4. The minimum atomic E-state index is -0.159. The van der Waals surface area contributed by atoms with Crippen LogP contribution in [0, 0.1) is 0 Å². The van der Waals surface area contributed by atoms with Crippen molar-refractivity contribution in [3.63, 3.8) is 0 Å². The van der Waals surface area contributed by atoms with Crippen LogP contribution in [0.15, 0.2) is 71.3 Å². The maximum Gasteiger partial charge on any atom is 0.260 e. The van der Waals surface area contributed by atoms with Crippen LogP contribution in [0.5, 0.6) is 5.75 Å². The van der Waals surface area contributed by atoms with Gasteiger partial charge in [-0.05, 0) is 47.4 Å². The second kappa shape index (κ2) is 9.73. The van der Waals surface area contributed by atoms with E-state index in [9.17, 15) is 9.59 Å².